The third-order valence-electron chi connectivity index (χ3n) is 7.90. The Morgan fingerprint density at radius 3 is 1.28 bits per heavy atom. The fourth-order valence-electron chi connectivity index (χ4n) is 6.55. The molecule has 0 aromatic carbocycles. The molecule has 0 radical (unpaired) electrons. The van der Waals surface area contributed by atoms with Crippen LogP contribution in [0.25, 0.3) is 0 Å². The zero-order valence-corrected chi connectivity index (χ0v) is 29.5. The van der Waals surface area contributed by atoms with E-state index in [4.69, 9.17) is 4.43 Å². The van der Waals surface area contributed by atoms with E-state index in [2.05, 4.69) is 95.0 Å². The molecule has 4 heteroatoms. The molecule has 32 heavy (non-hydrogen) atoms. The SMILES string of the molecule is CCC[CH2][Sn]([CH2]CCC)([CH2]CCC)/[C](=C\C(C)O[Si](C(C)C)(C(C)C)C(C)C)[Si](C)(C)C. The first-order chi connectivity index (χ1) is 14.7. The Morgan fingerprint density at radius 2 is 1.03 bits per heavy atom. The minimum atomic E-state index is -2.44. The van der Waals surface area contributed by atoms with Crippen molar-refractivity contribution in [2.24, 2.45) is 0 Å². The van der Waals surface area contributed by atoms with Crippen LogP contribution >= 0.6 is 0 Å². The molecular weight excluding hydrogens is 527 g/mol. The van der Waals surface area contributed by atoms with Gasteiger partial charge in [0.05, 0.1) is 0 Å². The molecule has 0 heterocycles. The van der Waals surface area contributed by atoms with Crippen LogP contribution in [-0.4, -0.2) is 40.9 Å². The first-order valence-electron chi connectivity index (χ1n) is 14.2. The Balaban J connectivity index is 6.50. The van der Waals surface area contributed by atoms with Crippen LogP contribution in [0, 0.1) is 0 Å². The van der Waals surface area contributed by atoms with Crippen molar-refractivity contribution in [2.75, 3.05) is 0 Å². The van der Waals surface area contributed by atoms with E-state index in [1.54, 1.807) is 13.3 Å². The van der Waals surface area contributed by atoms with Gasteiger partial charge in [0.15, 0.2) is 0 Å². The fraction of sp³-hybridized carbons (Fsp3) is 0.929. The standard InChI is InChI=1S/C16H35OSi2.3C4H9.Sn/c1-13(2)19(14(3)4,15(5)6)17-16(7)11-12-18(8,9)10;3*1-3-4-2;/h11,13-16H,1-10H3;3*1,3-4H2,2H3;. The molecule has 1 unspecified atom stereocenters. The topological polar surface area (TPSA) is 9.23 Å². The summed E-state index contributed by atoms with van der Waals surface area (Å²) in [5.74, 6) is 0. The average molecular weight is 590 g/mol. The fourth-order valence-corrected chi connectivity index (χ4v) is 45.5. The van der Waals surface area contributed by atoms with E-state index in [9.17, 15) is 0 Å². The molecule has 0 saturated carbocycles. The van der Waals surface area contributed by atoms with Crippen LogP contribution in [0.1, 0.15) is 108 Å². The number of hydrogen-bond acceptors (Lipinski definition) is 1. The van der Waals surface area contributed by atoms with E-state index < -0.39 is 34.8 Å². The third-order valence-corrected chi connectivity index (χ3v) is 40.8. The molecule has 0 rings (SSSR count). The summed E-state index contributed by atoms with van der Waals surface area (Å²) in [4.78, 5) is 0. The van der Waals surface area contributed by atoms with Crippen LogP contribution in [0.3, 0.4) is 0 Å². The van der Waals surface area contributed by atoms with Gasteiger partial charge >= 0.3 is 212 Å². The molecule has 0 spiro atoms. The van der Waals surface area contributed by atoms with Crippen molar-refractivity contribution in [3.05, 3.63) is 9.29 Å². The van der Waals surface area contributed by atoms with E-state index in [0.717, 1.165) is 0 Å². The maximum absolute atomic E-state index is 7.27. The van der Waals surface area contributed by atoms with Crippen molar-refractivity contribution < 1.29 is 4.43 Å². The van der Waals surface area contributed by atoms with Crippen molar-refractivity contribution in [2.45, 2.75) is 163 Å². The number of unbranched alkanes of at least 4 members (excludes halogenated alkanes) is 3. The second kappa shape index (κ2) is 15.1. The predicted molar refractivity (Wildman–Crippen MR) is 158 cm³/mol. The Morgan fingerprint density at radius 1 is 0.688 bits per heavy atom. The molecule has 0 aliphatic heterocycles. The van der Waals surface area contributed by atoms with Gasteiger partial charge in [-0.1, -0.05) is 0 Å². The van der Waals surface area contributed by atoms with Crippen molar-refractivity contribution in [3.8, 4) is 0 Å². The second-order valence-corrected chi connectivity index (χ2v) is 37.6. The predicted octanol–water partition coefficient (Wildman–Crippen LogP) is 10.8. The van der Waals surface area contributed by atoms with Gasteiger partial charge < -0.3 is 0 Å². The molecule has 0 aromatic rings. The van der Waals surface area contributed by atoms with Gasteiger partial charge in [-0.3, -0.25) is 0 Å². The molecule has 0 amide bonds. The molecule has 0 aliphatic rings. The summed E-state index contributed by atoms with van der Waals surface area (Å²) in [7, 11) is -3.26. The van der Waals surface area contributed by atoms with Crippen LogP contribution in [0.2, 0.25) is 49.6 Å². The Hall–Kier alpha value is 0.932. The summed E-state index contributed by atoms with van der Waals surface area (Å²) < 4.78 is 14.0. The molecule has 192 valence electrons. The van der Waals surface area contributed by atoms with Gasteiger partial charge in [0, 0.05) is 0 Å². The molecular formula is C28H62OSi2Sn. The van der Waals surface area contributed by atoms with E-state index in [0.29, 0.717) is 16.6 Å². The summed E-state index contributed by atoms with van der Waals surface area (Å²) in [6.45, 7) is 32.1. The molecule has 0 N–H and O–H groups in total. The maximum atomic E-state index is 7.27. The zero-order chi connectivity index (χ0) is 25.2. The van der Waals surface area contributed by atoms with Crippen molar-refractivity contribution >= 4 is 34.8 Å². The quantitative estimate of drug-likeness (QED) is 0.153. The van der Waals surface area contributed by atoms with Gasteiger partial charge in [-0.25, -0.2) is 0 Å². The van der Waals surface area contributed by atoms with Gasteiger partial charge in [-0.15, -0.1) is 0 Å². The summed E-state index contributed by atoms with van der Waals surface area (Å²) in [5, 5.41) is 0. The number of hydrogen-bond donors (Lipinski definition) is 0. The number of rotatable bonds is 17. The van der Waals surface area contributed by atoms with Crippen LogP contribution in [0.15, 0.2) is 9.29 Å². The van der Waals surface area contributed by atoms with Gasteiger partial charge in [-0.2, -0.15) is 0 Å². The molecule has 1 atom stereocenters. The normalized spacial score (nSPS) is 15.3. The van der Waals surface area contributed by atoms with Gasteiger partial charge in [0.1, 0.15) is 0 Å². The van der Waals surface area contributed by atoms with Crippen LogP contribution < -0.4 is 0 Å². The molecule has 1 nitrogen and oxygen atoms in total. The molecule has 0 saturated heterocycles. The van der Waals surface area contributed by atoms with E-state index in [1.807, 2.05) is 3.21 Å². The van der Waals surface area contributed by atoms with Gasteiger partial charge in [0.25, 0.3) is 0 Å². The molecule has 0 fully saturated rings. The van der Waals surface area contributed by atoms with Crippen LogP contribution in [0.5, 0.6) is 0 Å². The monoisotopic (exact) mass is 590 g/mol. The van der Waals surface area contributed by atoms with Gasteiger partial charge in [-0.05, 0) is 0 Å². The van der Waals surface area contributed by atoms with E-state index in [1.165, 1.54) is 38.5 Å². The molecule has 0 aliphatic carbocycles. The zero-order valence-electron chi connectivity index (χ0n) is 24.7. The van der Waals surface area contributed by atoms with Crippen molar-refractivity contribution in [1.82, 2.24) is 0 Å². The Bertz CT molecular complexity index is 490. The van der Waals surface area contributed by atoms with Gasteiger partial charge in [0.2, 0.25) is 0 Å². The molecule has 0 aromatic heterocycles. The average Bonchev–Trinajstić information content (AvgIpc) is 2.68. The summed E-state index contributed by atoms with van der Waals surface area (Å²) in [5.41, 5.74) is 1.96. The van der Waals surface area contributed by atoms with Crippen LogP contribution in [0.4, 0.5) is 0 Å². The van der Waals surface area contributed by atoms with Crippen LogP contribution in [-0.2, 0) is 4.43 Å². The Kier molecular flexibility index (Phi) is 15.6. The Labute approximate surface area is 211 Å². The summed E-state index contributed by atoms with van der Waals surface area (Å²) in [6.07, 6.45) is 11.4. The summed E-state index contributed by atoms with van der Waals surface area (Å²) in [6, 6.07) is 0. The summed E-state index contributed by atoms with van der Waals surface area (Å²) >= 11 is -2.44. The first kappa shape index (κ1) is 32.9. The van der Waals surface area contributed by atoms with E-state index >= 15 is 0 Å². The first-order valence-corrected chi connectivity index (χ1v) is 27.3. The minimum absolute atomic E-state index is 0.275. The third kappa shape index (κ3) is 9.18. The van der Waals surface area contributed by atoms with E-state index in [-0.39, 0.29) is 6.10 Å². The van der Waals surface area contributed by atoms with Crippen molar-refractivity contribution in [1.29, 1.82) is 0 Å². The second-order valence-electron chi connectivity index (χ2n) is 12.6. The van der Waals surface area contributed by atoms with Crippen molar-refractivity contribution in [3.63, 3.8) is 0 Å². The molecule has 0 bridgehead atoms.